The summed E-state index contributed by atoms with van der Waals surface area (Å²) in [6, 6.07) is 7.83. The fourth-order valence-corrected chi connectivity index (χ4v) is 1.73. The number of hydrogen-bond acceptors (Lipinski definition) is 3. The van der Waals surface area contributed by atoms with Gasteiger partial charge < -0.3 is 14.8 Å². The van der Waals surface area contributed by atoms with Crippen LogP contribution < -0.4 is 14.8 Å². The van der Waals surface area contributed by atoms with Crippen molar-refractivity contribution in [1.29, 1.82) is 0 Å². The summed E-state index contributed by atoms with van der Waals surface area (Å²) in [6.07, 6.45) is 1.39. The third kappa shape index (κ3) is 2.86. The van der Waals surface area contributed by atoms with E-state index in [2.05, 4.69) is 5.32 Å². The fourth-order valence-electron chi connectivity index (χ4n) is 1.73. The number of benzene rings is 1. The van der Waals surface area contributed by atoms with E-state index in [9.17, 15) is 0 Å². The Morgan fingerprint density at radius 1 is 1.40 bits per heavy atom. The molecule has 1 atom stereocenters. The first-order chi connectivity index (χ1) is 7.38. The average Bonchev–Trinajstić information content (AvgIpc) is 2.71. The van der Waals surface area contributed by atoms with Crippen molar-refractivity contribution in [1.82, 2.24) is 5.32 Å². The van der Waals surface area contributed by atoms with Crippen LogP contribution in [0.25, 0.3) is 0 Å². The van der Waals surface area contributed by atoms with Gasteiger partial charge in [0.25, 0.3) is 0 Å². The molecule has 15 heavy (non-hydrogen) atoms. The van der Waals surface area contributed by atoms with E-state index in [0.717, 1.165) is 31.0 Å². The van der Waals surface area contributed by atoms with Gasteiger partial charge in [0.2, 0.25) is 0 Å². The van der Waals surface area contributed by atoms with E-state index < -0.39 is 0 Å². The SMILES string of the molecule is CCOc1cccc(O[C@@H]2CCNC2)c1. The second-order valence-electron chi connectivity index (χ2n) is 3.64. The number of rotatable bonds is 4. The van der Waals surface area contributed by atoms with Crippen LogP contribution in [0, 0.1) is 0 Å². The zero-order valence-corrected chi connectivity index (χ0v) is 9.03. The summed E-state index contributed by atoms with van der Waals surface area (Å²) >= 11 is 0. The van der Waals surface area contributed by atoms with Crippen LogP contribution in [0.1, 0.15) is 13.3 Å². The molecule has 0 saturated carbocycles. The lowest BCUT2D eigenvalue weighted by molar-refractivity contribution is 0.221. The highest BCUT2D eigenvalue weighted by atomic mass is 16.5. The Labute approximate surface area is 90.4 Å². The lowest BCUT2D eigenvalue weighted by atomic mass is 10.3. The summed E-state index contributed by atoms with van der Waals surface area (Å²) in [7, 11) is 0. The highest BCUT2D eigenvalue weighted by molar-refractivity contribution is 5.33. The van der Waals surface area contributed by atoms with E-state index >= 15 is 0 Å². The number of ether oxygens (including phenoxy) is 2. The van der Waals surface area contributed by atoms with Gasteiger partial charge in [-0.05, 0) is 32.0 Å². The molecule has 0 aliphatic carbocycles. The monoisotopic (exact) mass is 207 g/mol. The standard InChI is InChI=1S/C12H17NO2/c1-2-14-10-4-3-5-11(8-10)15-12-6-7-13-9-12/h3-5,8,12-13H,2,6-7,9H2,1H3/t12-/m1/s1. The Hall–Kier alpha value is -1.22. The van der Waals surface area contributed by atoms with Crippen LogP contribution in [0.2, 0.25) is 0 Å². The van der Waals surface area contributed by atoms with Gasteiger partial charge in [0.05, 0.1) is 6.61 Å². The smallest absolute Gasteiger partial charge is 0.123 e. The molecule has 1 N–H and O–H groups in total. The number of nitrogens with one attached hydrogen (secondary N) is 1. The molecule has 0 spiro atoms. The molecule has 0 unspecified atom stereocenters. The van der Waals surface area contributed by atoms with Crippen molar-refractivity contribution in [2.75, 3.05) is 19.7 Å². The number of hydrogen-bond donors (Lipinski definition) is 1. The minimum Gasteiger partial charge on any atom is -0.494 e. The van der Waals surface area contributed by atoms with Crippen molar-refractivity contribution in [3.05, 3.63) is 24.3 Å². The molecule has 1 aliphatic heterocycles. The van der Waals surface area contributed by atoms with E-state index in [-0.39, 0.29) is 0 Å². The van der Waals surface area contributed by atoms with Crippen LogP contribution in [-0.4, -0.2) is 25.8 Å². The molecule has 1 aromatic carbocycles. The maximum absolute atomic E-state index is 5.82. The molecule has 0 aromatic heterocycles. The van der Waals surface area contributed by atoms with Gasteiger partial charge in [-0.3, -0.25) is 0 Å². The first-order valence-corrected chi connectivity index (χ1v) is 5.48. The largest absolute Gasteiger partial charge is 0.494 e. The third-order valence-electron chi connectivity index (χ3n) is 2.43. The molecule has 3 nitrogen and oxygen atoms in total. The quantitative estimate of drug-likeness (QED) is 0.817. The average molecular weight is 207 g/mol. The van der Waals surface area contributed by atoms with Gasteiger partial charge in [-0.1, -0.05) is 6.07 Å². The third-order valence-corrected chi connectivity index (χ3v) is 2.43. The summed E-state index contributed by atoms with van der Waals surface area (Å²) in [4.78, 5) is 0. The second-order valence-corrected chi connectivity index (χ2v) is 3.64. The van der Waals surface area contributed by atoms with Gasteiger partial charge >= 0.3 is 0 Å². The van der Waals surface area contributed by atoms with E-state index in [1.54, 1.807) is 0 Å². The predicted octanol–water partition coefficient (Wildman–Crippen LogP) is 1.83. The molecule has 0 amide bonds. The molecular weight excluding hydrogens is 190 g/mol. The van der Waals surface area contributed by atoms with Crippen LogP contribution >= 0.6 is 0 Å². The van der Waals surface area contributed by atoms with Crippen LogP contribution in [0.4, 0.5) is 0 Å². The summed E-state index contributed by atoms with van der Waals surface area (Å²) in [5.41, 5.74) is 0. The van der Waals surface area contributed by atoms with Crippen LogP contribution in [0.5, 0.6) is 11.5 Å². The molecule has 1 aromatic rings. The minimum absolute atomic E-state index is 0.307. The lowest BCUT2D eigenvalue weighted by Crippen LogP contribution is -2.19. The van der Waals surface area contributed by atoms with Crippen LogP contribution in [0.15, 0.2) is 24.3 Å². The fraction of sp³-hybridized carbons (Fsp3) is 0.500. The molecule has 1 fully saturated rings. The topological polar surface area (TPSA) is 30.5 Å². The van der Waals surface area contributed by atoms with Crippen LogP contribution in [0.3, 0.4) is 0 Å². The van der Waals surface area contributed by atoms with Gasteiger partial charge in [-0.15, -0.1) is 0 Å². The maximum Gasteiger partial charge on any atom is 0.123 e. The Morgan fingerprint density at radius 2 is 2.27 bits per heavy atom. The normalized spacial score (nSPS) is 20.2. The molecule has 2 rings (SSSR count). The first kappa shape index (κ1) is 10.3. The predicted molar refractivity (Wildman–Crippen MR) is 59.5 cm³/mol. The van der Waals surface area contributed by atoms with Gasteiger partial charge in [-0.25, -0.2) is 0 Å². The van der Waals surface area contributed by atoms with Crippen molar-refractivity contribution < 1.29 is 9.47 Å². The summed E-state index contributed by atoms with van der Waals surface area (Å²) in [6.45, 7) is 4.66. The van der Waals surface area contributed by atoms with E-state index in [1.807, 2.05) is 31.2 Å². The highest BCUT2D eigenvalue weighted by Gasteiger charge is 2.15. The van der Waals surface area contributed by atoms with Crippen molar-refractivity contribution in [3.8, 4) is 11.5 Å². The summed E-state index contributed by atoms with van der Waals surface area (Å²) in [5, 5.41) is 3.28. The Morgan fingerprint density at radius 3 is 3.00 bits per heavy atom. The molecular formula is C12H17NO2. The van der Waals surface area contributed by atoms with Gasteiger partial charge in [0, 0.05) is 12.6 Å². The van der Waals surface area contributed by atoms with Gasteiger partial charge in [0.1, 0.15) is 17.6 Å². The first-order valence-electron chi connectivity index (χ1n) is 5.48. The van der Waals surface area contributed by atoms with Gasteiger partial charge in [0.15, 0.2) is 0 Å². The molecule has 0 bridgehead atoms. The van der Waals surface area contributed by atoms with Crippen molar-refractivity contribution in [3.63, 3.8) is 0 Å². The van der Waals surface area contributed by atoms with Crippen molar-refractivity contribution >= 4 is 0 Å². The van der Waals surface area contributed by atoms with Crippen molar-refractivity contribution in [2.24, 2.45) is 0 Å². The molecule has 82 valence electrons. The van der Waals surface area contributed by atoms with E-state index in [0.29, 0.717) is 12.7 Å². The van der Waals surface area contributed by atoms with Crippen LogP contribution in [-0.2, 0) is 0 Å². The summed E-state index contributed by atoms with van der Waals surface area (Å²) < 4.78 is 11.2. The van der Waals surface area contributed by atoms with Crippen molar-refractivity contribution in [2.45, 2.75) is 19.4 Å². The van der Waals surface area contributed by atoms with E-state index in [4.69, 9.17) is 9.47 Å². The molecule has 1 aliphatic rings. The lowest BCUT2D eigenvalue weighted by Gasteiger charge is -2.13. The molecule has 3 heteroatoms. The molecule has 0 radical (unpaired) electrons. The van der Waals surface area contributed by atoms with E-state index in [1.165, 1.54) is 0 Å². The summed E-state index contributed by atoms with van der Waals surface area (Å²) in [5.74, 6) is 1.77. The molecule has 1 heterocycles. The second kappa shape index (κ2) is 5.03. The Balaban J connectivity index is 1.97. The minimum atomic E-state index is 0.307. The zero-order chi connectivity index (χ0) is 10.5. The van der Waals surface area contributed by atoms with Gasteiger partial charge in [-0.2, -0.15) is 0 Å². The Bertz CT molecular complexity index is 308. The molecule has 1 saturated heterocycles. The maximum atomic E-state index is 5.82. The highest BCUT2D eigenvalue weighted by Crippen LogP contribution is 2.21. The zero-order valence-electron chi connectivity index (χ0n) is 9.03. The Kier molecular flexibility index (Phi) is 3.45.